The summed E-state index contributed by atoms with van der Waals surface area (Å²) in [5.41, 5.74) is 0. The van der Waals surface area contributed by atoms with Crippen LogP contribution in [-0.2, 0) is 9.59 Å². The Kier molecular flexibility index (Phi) is 5.95. The van der Waals surface area contributed by atoms with E-state index in [-0.39, 0.29) is 23.7 Å². The molecule has 0 bridgehead atoms. The van der Waals surface area contributed by atoms with Crippen LogP contribution < -0.4 is 0 Å². The van der Waals surface area contributed by atoms with Crippen molar-refractivity contribution in [3.05, 3.63) is 0 Å². The Morgan fingerprint density at radius 1 is 1.12 bits per heavy atom. The number of alkyl halides is 1. The first-order valence-corrected chi connectivity index (χ1v) is 7.24. The highest BCUT2D eigenvalue weighted by Gasteiger charge is 2.23. The molecule has 1 rings (SSSR count). The van der Waals surface area contributed by atoms with Gasteiger partial charge in [0.2, 0.25) is 11.8 Å². The fraction of sp³-hybridized carbons (Fsp3) is 0.833. The van der Waals surface area contributed by atoms with Crippen LogP contribution in [0.15, 0.2) is 0 Å². The lowest BCUT2D eigenvalue weighted by Crippen LogP contribution is -2.44. The molecule has 4 nitrogen and oxygen atoms in total. The first-order chi connectivity index (χ1) is 8.06. The summed E-state index contributed by atoms with van der Waals surface area (Å²) in [5, 5.41) is 0.268. The average molecular weight is 305 g/mol. The summed E-state index contributed by atoms with van der Waals surface area (Å²) < 4.78 is 0. The maximum atomic E-state index is 12.0. The lowest BCUT2D eigenvalue weighted by Gasteiger charge is -2.32. The van der Waals surface area contributed by atoms with Gasteiger partial charge in [-0.15, -0.1) is 0 Å². The summed E-state index contributed by atoms with van der Waals surface area (Å²) in [4.78, 5) is 26.6. The SMILES string of the molecule is CN(CC(=O)N(C)C1CCCCC1)C(=O)CBr. The maximum absolute atomic E-state index is 12.0. The zero-order chi connectivity index (χ0) is 12.8. The summed E-state index contributed by atoms with van der Waals surface area (Å²) >= 11 is 3.10. The van der Waals surface area contributed by atoms with Gasteiger partial charge in [-0.05, 0) is 12.8 Å². The van der Waals surface area contributed by atoms with E-state index in [1.54, 1.807) is 7.05 Å². The lowest BCUT2D eigenvalue weighted by atomic mass is 9.94. The molecule has 0 unspecified atom stereocenters. The van der Waals surface area contributed by atoms with Crippen molar-refractivity contribution < 1.29 is 9.59 Å². The van der Waals surface area contributed by atoms with Crippen LogP contribution in [0.25, 0.3) is 0 Å². The monoisotopic (exact) mass is 304 g/mol. The lowest BCUT2D eigenvalue weighted by molar-refractivity contribution is -0.139. The Morgan fingerprint density at radius 3 is 2.24 bits per heavy atom. The number of carbonyl (C=O) groups excluding carboxylic acids is 2. The van der Waals surface area contributed by atoms with E-state index in [0.717, 1.165) is 12.8 Å². The van der Waals surface area contributed by atoms with Crippen LogP contribution in [0.3, 0.4) is 0 Å². The Labute approximate surface area is 111 Å². The van der Waals surface area contributed by atoms with Crippen molar-refractivity contribution in [1.82, 2.24) is 9.80 Å². The van der Waals surface area contributed by atoms with Gasteiger partial charge in [0.15, 0.2) is 0 Å². The summed E-state index contributed by atoms with van der Waals surface area (Å²) in [6.45, 7) is 0.178. The van der Waals surface area contributed by atoms with Crippen LogP contribution in [0.5, 0.6) is 0 Å². The topological polar surface area (TPSA) is 40.6 Å². The van der Waals surface area contributed by atoms with Gasteiger partial charge in [0.25, 0.3) is 0 Å². The van der Waals surface area contributed by atoms with Crippen molar-refractivity contribution in [2.45, 2.75) is 38.1 Å². The third-order valence-corrected chi connectivity index (χ3v) is 3.91. The molecule has 0 saturated heterocycles. The number of hydrogen-bond donors (Lipinski definition) is 0. The van der Waals surface area contributed by atoms with Gasteiger partial charge in [0, 0.05) is 20.1 Å². The average Bonchev–Trinajstić information content (AvgIpc) is 2.37. The quantitative estimate of drug-likeness (QED) is 0.741. The fourth-order valence-electron chi connectivity index (χ4n) is 2.18. The predicted octanol–water partition coefficient (Wildman–Crippen LogP) is 1.63. The van der Waals surface area contributed by atoms with E-state index in [9.17, 15) is 9.59 Å². The molecule has 1 fully saturated rings. The normalized spacial score (nSPS) is 16.6. The van der Waals surface area contributed by atoms with Crippen LogP contribution in [0.4, 0.5) is 0 Å². The molecule has 0 N–H and O–H groups in total. The summed E-state index contributed by atoms with van der Waals surface area (Å²) in [6.07, 6.45) is 5.88. The molecule has 1 saturated carbocycles. The van der Waals surface area contributed by atoms with E-state index in [1.807, 2.05) is 11.9 Å². The molecular weight excluding hydrogens is 284 g/mol. The minimum atomic E-state index is -0.0598. The van der Waals surface area contributed by atoms with Crippen molar-refractivity contribution in [3.63, 3.8) is 0 Å². The van der Waals surface area contributed by atoms with Gasteiger partial charge in [-0.3, -0.25) is 9.59 Å². The van der Waals surface area contributed by atoms with Crippen LogP contribution >= 0.6 is 15.9 Å². The summed E-state index contributed by atoms with van der Waals surface area (Å²) in [6, 6.07) is 0.365. The van der Waals surface area contributed by atoms with E-state index in [1.165, 1.54) is 24.2 Å². The van der Waals surface area contributed by atoms with Crippen LogP contribution in [0.2, 0.25) is 0 Å². The van der Waals surface area contributed by atoms with Crippen molar-refractivity contribution in [2.75, 3.05) is 26.0 Å². The Bertz CT molecular complexity index is 278. The molecule has 0 aliphatic heterocycles. The zero-order valence-corrected chi connectivity index (χ0v) is 12.2. The van der Waals surface area contributed by atoms with Gasteiger partial charge in [-0.25, -0.2) is 0 Å². The number of halogens is 1. The van der Waals surface area contributed by atoms with Gasteiger partial charge in [-0.1, -0.05) is 35.2 Å². The van der Waals surface area contributed by atoms with Gasteiger partial charge in [0.05, 0.1) is 11.9 Å². The molecule has 0 aromatic carbocycles. The number of nitrogens with zero attached hydrogens (tertiary/aromatic N) is 2. The smallest absolute Gasteiger partial charge is 0.242 e. The summed E-state index contributed by atoms with van der Waals surface area (Å²) in [7, 11) is 3.51. The number of likely N-dealkylation sites (N-methyl/N-ethyl adjacent to an activating group) is 2. The molecule has 17 heavy (non-hydrogen) atoms. The molecule has 1 aliphatic carbocycles. The molecule has 0 spiro atoms. The van der Waals surface area contributed by atoms with Crippen molar-refractivity contribution in [2.24, 2.45) is 0 Å². The third kappa shape index (κ3) is 4.30. The second-order valence-electron chi connectivity index (χ2n) is 4.68. The van der Waals surface area contributed by atoms with E-state index in [4.69, 9.17) is 0 Å². The molecular formula is C12H21BrN2O2. The molecule has 2 amide bonds. The molecule has 0 radical (unpaired) electrons. The number of amides is 2. The minimum Gasteiger partial charge on any atom is -0.341 e. The van der Waals surface area contributed by atoms with E-state index in [2.05, 4.69) is 15.9 Å². The molecule has 0 aromatic rings. The highest BCUT2D eigenvalue weighted by Crippen LogP contribution is 2.21. The fourth-order valence-corrected chi connectivity index (χ4v) is 2.60. The molecule has 1 aliphatic rings. The van der Waals surface area contributed by atoms with Crippen molar-refractivity contribution >= 4 is 27.7 Å². The highest BCUT2D eigenvalue weighted by molar-refractivity contribution is 9.09. The maximum Gasteiger partial charge on any atom is 0.242 e. The number of hydrogen-bond acceptors (Lipinski definition) is 2. The van der Waals surface area contributed by atoms with E-state index < -0.39 is 0 Å². The summed E-state index contributed by atoms with van der Waals surface area (Å²) in [5.74, 6) is -0.0240. The zero-order valence-electron chi connectivity index (χ0n) is 10.6. The first kappa shape index (κ1) is 14.5. The standard InChI is InChI=1S/C12H21BrN2O2/c1-14(11(16)8-13)9-12(17)15(2)10-6-4-3-5-7-10/h10H,3-9H2,1-2H3. The first-order valence-electron chi connectivity index (χ1n) is 6.12. The van der Waals surface area contributed by atoms with Gasteiger partial charge in [0.1, 0.15) is 0 Å². The Balaban J connectivity index is 2.43. The highest BCUT2D eigenvalue weighted by atomic mass is 79.9. The molecule has 5 heteroatoms. The van der Waals surface area contributed by atoms with Gasteiger partial charge >= 0.3 is 0 Å². The van der Waals surface area contributed by atoms with Crippen LogP contribution in [0.1, 0.15) is 32.1 Å². The molecule has 98 valence electrons. The Morgan fingerprint density at radius 2 is 1.71 bits per heavy atom. The number of rotatable bonds is 4. The van der Waals surface area contributed by atoms with Gasteiger partial charge < -0.3 is 9.80 Å². The van der Waals surface area contributed by atoms with E-state index >= 15 is 0 Å². The second-order valence-corrected chi connectivity index (χ2v) is 5.24. The number of carbonyl (C=O) groups is 2. The Hall–Kier alpha value is -0.580. The molecule has 0 heterocycles. The largest absolute Gasteiger partial charge is 0.341 e. The van der Waals surface area contributed by atoms with Crippen molar-refractivity contribution in [1.29, 1.82) is 0 Å². The third-order valence-electron chi connectivity index (χ3n) is 3.43. The van der Waals surface area contributed by atoms with Crippen molar-refractivity contribution in [3.8, 4) is 0 Å². The van der Waals surface area contributed by atoms with Crippen LogP contribution in [0, 0.1) is 0 Å². The van der Waals surface area contributed by atoms with E-state index in [0.29, 0.717) is 6.04 Å². The van der Waals surface area contributed by atoms with Gasteiger partial charge in [-0.2, -0.15) is 0 Å². The minimum absolute atomic E-state index is 0.0358. The molecule has 0 atom stereocenters. The molecule has 0 aromatic heterocycles. The predicted molar refractivity (Wildman–Crippen MR) is 71.1 cm³/mol. The van der Waals surface area contributed by atoms with Crippen LogP contribution in [-0.4, -0.2) is 53.6 Å². The second kappa shape index (κ2) is 6.99.